The zero-order valence-electron chi connectivity index (χ0n) is 16.0. The van der Waals surface area contributed by atoms with Crippen molar-refractivity contribution in [3.63, 3.8) is 0 Å². The summed E-state index contributed by atoms with van der Waals surface area (Å²) in [4.78, 5) is 12.3. The second-order valence-electron chi connectivity index (χ2n) is 6.23. The number of sulfonamides is 1. The Bertz CT molecular complexity index is 922. The van der Waals surface area contributed by atoms with E-state index in [1.165, 1.54) is 30.3 Å². The molecule has 1 atom stereocenters. The molecule has 9 heteroatoms. The highest BCUT2D eigenvalue weighted by Gasteiger charge is 2.19. The van der Waals surface area contributed by atoms with E-state index < -0.39 is 15.8 Å². The van der Waals surface area contributed by atoms with Crippen molar-refractivity contribution in [1.82, 2.24) is 10.6 Å². The van der Waals surface area contributed by atoms with Gasteiger partial charge in [0.25, 0.3) is 15.9 Å². The lowest BCUT2D eigenvalue weighted by Gasteiger charge is -2.15. The van der Waals surface area contributed by atoms with Crippen LogP contribution < -0.4 is 15.4 Å². The molecule has 0 fully saturated rings. The van der Waals surface area contributed by atoms with Crippen molar-refractivity contribution in [2.45, 2.75) is 31.7 Å². The standard InChI is InChI=1S/C19H24FN3O3S.ClH/c1-4-21-14(3)12-22-19(24)16-11-15(10-9-13(16)2)27(25,26)23-18-8-6-5-7-17(18)20;/h5-11,14,21,23H,4,12H2,1-3H3,(H,22,24);1H/t14-;/m1./s1. The van der Waals surface area contributed by atoms with E-state index in [-0.39, 0.29) is 40.5 Å². The fourth-order valence-corrected chi connectivity index (χ4v) is 3.62. The van der Waals surface area contributed by atoms with Crippen molar-refractivity contribution in [3.05, 3.63) is 59.4 Å². The quantitative estimate of drug-likeness (QED) is 0.601. The number of benzene rings is 2. The average Bonchev–Trinajstić information content (AvgIpc) is 2.62. The van der Waals surface area contributed by atoms with Gasteiger partial charge in [-0.1, -0.05) is 25.1 Å². The molecule has 0 aromatic heterocycles. The molecule has 0 aliphatic heterocycles. The Hall–Kier alpha value is -2.16. The maximum atomic E-state index is 13.7. The number of nitrogens with one attached hydrogen (secondary N) is 3. The predicted molar refractivity (Wildman–Crippen MR) is 111 cm³/mol. The first-order valence-electron chi connectivity index (χ1n) is 8.64. The molecular weight excluding hydrogens is 405 g/mol. The van der Waals surface area contributed by atoms with Gasteiger partial charge in [0.05, 0.1) is 10.6 Å². The van der Waals surface area contributed by atoms with E-state index in [1.54, 1.807) is 13.0 Å². The third-order valence-electron chi connectivity index (χ3n) is 4.00. The van der Waals surface area contributed by atoms with Gasteiger partial charge in [-0.15, -0.1) is 12.4 Å². The van der Waals surface area contributed by atoms with Crippen LogP contribution in [-0.2, 0) is 10.0 Å². The number of hydrogen-bond donors (Lipinski definition) is 3. The summed E-state index contributed by atoms with van der Waals surface area (Å²) < 4.78 is 41.1. The van der Waals surface area contributed by atoms with Crippen molar-refractivity contribution in [3.8, 4) is 0 Å². The van der Waals surface area contributed by atoms with Gasteiger partial charge in [-0.25, -0.2) is 12.8 Å². The second-order valence-corrected chi connectivity index (χ2v) is 7.91. The summed E-state index contributed by atoms with van der Waals surface area (Å²) >= 11 is 0. The molecule has 2 aromatic carbocycles. The van der Waals surface area contributed by atoms with Crippen LogP contribution in [-0.4, -0.2) is 33.5 Å². The lowest BCUT2D eigenvalue weighted by molar-refractivity contribution is 0.0949. The normalized spacial score (nSPS) is 12.0. The van der Waals surface area contributed by atoms with Crippen LogP contribution in [0.25, 0.3) is 0 Å². The third kappa shape index (κ3) is 6.19. The zero-order valence-corrected chi connectivity index (χ0v) is 17.6. The van der Waals surface area contributed by atoms with Crippen molar-refractivity contribution >= 4 is 34.0 Å². The highest BCUT2D eigenvalue weighted by molar-refractivity contribution is 7.92. The first-order valence-corrected chi connectivity index (χ1v) is 10.1. The van der Waals surface area contributed by atoms with Crippen LogP contribution in [0.2, 0.25) is 0 Å². The van der Waals surface area contributed by atoms with E-state index in [1.807, 2.05) is 13.8 Å². The van der Waals surface area contributed by atoms with E-state index in [0.29, 0.717) is 12.1 Å². The summed E-state index contributed by atoms with van der Waals surface area (Å²) in [6.45, 7) is 6.83. The van der Waals surface area contributed by atoms with Gasteiger partial charge < -0.3 is 10.6 Å². The molecule has 28 heavy (non-hydrogen) atoms. The molecule has 6 nitrogen and oxygen atoms in total. The number of para-hydroxylation sites is 1. The van der Waals surface area contributed by atoms with Crippen LogP contribution in [0, 0.1) is 12.7 Å². The maximum absolute atomic E-state index is 13.7. The van der Waals surface area contributed by atoms with E-state index in [0.717, 1.165) is 12.6 Å². The minimum Gasteiger partial charge on any atom is -0.350 e. The van der Waals surface area contributed by atoms with E-state index >= 15 is 0 Å². The fourth-order valence-electron chi connectivity index (χ4n) is 2.52. The average molecular weight is 430 g/mol. The molecule has 0 unspecified atom stereocenters. The molecule has 0 saturated carbocycles. The van der Waals surface area contributed by atoms with Crippen LogP contribution in [0.3, 0.4) is 0 Å². The Morgan fingerprint density at radius 1 is 1.18 bits per heavy atom. The van der Waals surface area contributed by atoms with Gasteiger partial charge in [-0.05, 0) is 50.2 Å². The Morgan fingerprint density at radius 3 is 2.50 bits per heavy atom. The van der Waals surface area contributed by atoms with Crippen molar-refractivity contribution in [1.29, 1.82) is 0 Å². The topological polar surface area (TPSA) is 87.3 Å². The second kappa shape index (κ2) is 10.4. The number of likely N-dealkylation sites (N-methyl/N-ethyl adjacent to an activating group) is 1. The highest BCUT2D eigenvalue weighted by Crippen LogP contribution is 2.21. The van der Waals surface area contributed by atoms with Crippen LogP contribution in [0.15, 0.2) is 47.4 Å². The number of anilines is 1. The smallest absolute Gasteiger partial charge is 0.262 e. The molecule has 0 aliphatic rings. The van der Waals surface area contributed by atoms with Crippen molar-refractivity contribution in [2.24, 2.45) is 0 Å². The monoisotopic (exact) mass is 429 g/mol. The van der Waals surface area contributed by atoms with Gasteiger partial charge in [0.15, 0.2) is 0 Å². The molecule has 0 aliphatic carbocycles. The van der Waals surface area contributed by atoms with Gasteiger partial charge in [0.1, 0.15) is 5.82 Å². The lowest BCUT2D eigenvalue weighted by Crippen LogP contribution is -2.39. The maximum Gasteiger partial charge on any atom is 0.262 e. The van der Waals surface area contributed by atoms with E-state index in [4.69, 9.17) is 0 Å². The predicted octanol–water partition coefficient (Wildman–Crippen LogP) is 3.08. The summed E-state index contributed by atoms with van der Waals surface area (Å²) in [6, 6.07) is 9.82. The largest absolute Gasteiger partial charge is 0.350 e. The van der Waals surface area contributed by atoms with Crippen molar-refractivity contribution in [2.75, 3.05) is 17.8 Å². The number of rotatable bonds is 8. The number of halogens is 2. The Morgan fingerprint density at radius 2 is 1.86 bits per heavy atom. The van der Waals surface area contributed by atoms with Crippen LogP contribution in [0.4, 0.5) is 10.1 Å². The minimum atomic E-state index is -4.03. The number of amides is 1. The minimum absolute atomic E-state index is 0. The van der Waals surface area contributed by atoms with Crippen molar-refractivity contribution < 1.29 is 17.6 Å². The first-order chi connectivity index (χ1) is 12.7. The molecule has 3 N–H and O–H groups in total. The molecule has 0 heterocycles. The number of carbonyl (C=O) groups is 1. The Labute approximate surface area is 171 Å². The molecule has 0 spiro atoms. The van der Waals surface area contributed by atoms with Gasteiger partial charge in [0, 0.05) is 18.2 Å². The molecule has 0 saturated heterocycles. The summed E-state index contributed by atoms with van der Waals surface area (Å²) in [5.74, 6) is -1.04. The summed E-state index contributed by atoms with van der Waals surface area (Å²) in [6.07, 6.45) is 0. The molecule has 1 amide bonds. The highest BCUT2D eigenvalue weighted by atomic mass is 35.5. The van der Waals surface area contributed by atoms with Crippen LogP contribution in [0.1, 0.15) is 29.8 Å². The molecule has 0 radical (unpaired) electrons. The summed E-state index contributed by atoms with van der Waals surface area (Å²) in [5, 5.41) is 5.96. The molecule has 2 aromatic rings. The zero-order chi connectivity index (χ0) is 20.0. The van der Waals surface area contributed by atoms with Gasteiger partial charge >= 0.3 is 0 Å². The summed E-state index contributed by atoms with van der Waals surface area (Å²) in [7, 11) is -4.03. The van der Waals surface area contributed by atoms with Gasteiger partial charge in [-0.3, -0.25) is 9.52 Å². The molecule has 0 bridgehead atoms. The number of aryl methyl sites for hydroxylation is 1. The lowest BCUT2D eigenvalue weighted by atomic mass is 10.1. The number of hydrogen-bond acceptors (Lipinski definition) is 4. The third-order valence-corrected chi connectivity index (χ3v) is 5.37. The first kappa shape index (κ1) is 23.9. The van der Waals surface area contributed by atoms with E-state index in [2.05, 4.69) is 15.4 Å². The molecular formula is C19H25ClFN3O3S. The van der Waals surface area contributed by atoms with Gasteiger partial charge in [0.2, 0.25) is 0 Å². The van der Waals surface area contributed by atoms with Gasteiger partial charge in [-0.2, -0.15) is 0 Å². The number of carbonyl (C=O) groups excluding carboxylic acids is 1. The molecule has 154 valence electrons. The SMILES string of the molecule is CCN[C@H](C)CNC(=O)c1cc(S(=O)(=O)Nc2ccccc2F)ccc1C.Cl. The Kier molecular flexibility index (Phi) is 8.87. The Balaban J connectivity index is 0.00000392. The summed E-state index contributed by atoms with van der Waals surface area (Å²) in [5.41, 5.74) is 0.757. The van der Waals surface area contributed by atoms with Crippen LogP contribution >= 0.6 is 12.4 Å². The fraction of sp³-hybridized carbons (Fsp3) is 0.316. The van der Waals surface area contributed by atoms with E-state index in [9.17, 15) is 17.6 Å². The van der Waals surface area contributed by atoms with Crippen LogP contribution in [0.5, 0.6) is 0 Å². The molecule has 2 rings (SSSR count).